The predicted molar refractivity (Wildman–Crippen MR) is 95.5 cm³/mol. The lowest BCUT2D eigenvalue weighted by molar-refractivity contribution is -0.121. The average Bonchev–Trinajstić information content (AvgIpc) is 2.66. The van der Waals surface area contributed by atoms with Crippen molar-refractivity contribution in [3.8, 4) is 11.5 Å². The zero-order chi connectivity index (χ0) is 17.6. The summed E-state index contributed by atoms with van der Waals surface area (Å²) in [7, 11) is 0. The maximum Gasteiger partial charge on any atom is 0.265 e. The van der Waals surface area contributed by atoms with Crippen LogP contribution < -0.4 is 14.4 Å². The number of para-hydroxylation sites is 1. The van der Waals surface area contributed by atoms with Gasteiger partial charge in [0, 0.05) is 18.5 Å². The zero-order valence-electron chi connectivity index (χ0n) is 14.2. The number of ether oxygens (including phenoxy) is 2. The van der Waals surface area contributed by atoms with Crippen LogP contribution in [0, 0.1) is 0 Å². The molecule has 0 atom stereocenters. The van der Waals surface area contributed by atoms with Crippen molar-refractivity contribution in [1.29, 1.82) is 0 Å². The lowest BCUT2D eigenvalue weighted by Crippen LogP contribution is -2.40. The summed E-state index contributed by atoms with van der Waals surface area (Å²) in [4.78, 5) is 25.9. The van der Waals surface area contributed by atoms with Gasteiger partial charge in [0.25, 0.3) is 5.91 Å². The molecule has 0 aromatic heterocycles. The monoisotopic (exact) mass is 339 g/mol. The molecule has 1 amide bonds. The van der Waals surface area contributed by atoms with Crippen molar-refractivity contribution in [1.82, 2.24) is 0 Å². The molecule has 0 bridgehead atoms. The Labute approximate surface area is 147 Å². The first-order valence-electron chi connectivity index (χ1n) is 8.47. The molecule has 0 fully saturated rings. The molecule has 1 aliphatic heterocycles. The van der Waals surface area contributed by atoms with Crippen LogP contribution in [0.25, 0.3) is 0 Å². The van der Waals surface area contributed by atoms with Crippen LogP contribution in [0.2, 0.25) is 0 Å². The topological polar surface area (TPSA) is 55.8 Å². The summed E-state index contributed by atoms with van der Waals surface area (Å²) in [5, 5.41) is 0. The Kier molecular flexibility index (Phi) is 5.33. The first-order valence-corrected chi connectivity index (χ1v) is 8.47. The first-order chi connectivity index (χ1) is 12.2. The van der Waals surface area contributed by atoms with E-state index in [0.717, 1.165) is 5.75 Å². The molecule has 0 spiro atoms. The van der Waals surface area contributed by atoms with Crippen LogP contribution in [-0.2, 0) is 4.79 Å². The third kappa shape index (κ3) is 3.99. The highest BCUT2D eigenvalue weighted by Crippen LogP contribution is 2.33. The summed E-state index contributed by atoms with van der Waals surface area (Å²) in [5.74, 6) is 1.39. The molecule has 2 aromatic rings. The van der Waals surface area contributed by atoms with Crippen LogP contribution in [0.5, 0.6) is 11.5 Å². The number of carbonyl (C=O) groups excluding carboxylic acids is 2. The molecule has 0 radical (unpaired) electrons. The quantitative estimate of drug-likeness (QED) is 0.572. The van der Waals surface area contributed by atoms with Gasteiger partial charge in [0.05, 0.1) is 12.3 Å². The summed E-state index contributed by atoms with van der Waals surface area (Å²) < 4.78 is 11.2. The smallest absolute Gasteiger partial charge is 0.265 e. The highest BCUT2D eigenvalue weighted by Gasteiger charge is 2.26. The number of nitrogens with zero attached hydrogens (tertiary/aromatic N) is 1. The number of anilines is 1. The molecule has 2 aromatic carbocycles. The van der Waals surface area contributed by atoms with Crippen molar-refractivity contribution >= 4 is 17.4 Å². The van der Waals surface area contributed by atoms with Gasteiger partial charge in [-0.1, -0.05) is 25.1 Å². The van der Waals surface area contributed by atoms with Gasteiger partial charge < -0.3 is 14.4 Å². The first kappa shape index (κ1) is 17.0. The average molecular weight is 339 g/mol. The fourth-order valence-corrected chi connectivity index (χ4v) is 2.75. The number of benzene rings is 2. The van der Waals surface area contributed by atoms with Crippen LogP contribution in [0.1, 0.15) is 30.1 Å². The predicted octanol–water partition coefficient (Wildman–Crippen LogP) is 3.47. The van der Waals surface area contributed by atoms with Gasteiger partial charge in [0.2, 0.25) is 0 Å². The van der Waals surface area contributed by atoms with E-state index >= 15 is 0 Å². The summed E-state index contributed by atoms with van der Waals surface area (Å²) in [5.41, 5.74) is 1.26. The molecular formula is C20H21NO4. The highest BCUT2D eigenvalue weighted by molar-refractivity contribution is 6.01. The van der Waals surface area contributed by atoms with E-state index in [1.165, 1.54) is 0 Å². The number of ketones is 1. The van der Waals surface area contributed by atoms with E-state index in [4.69, 9.17) is 9.47 Å². The molecule has 5 heteroatoms. The van der Waals surface area contributed by atoms with Crippen molar-refractivity contribution in [3.63, 3.8) is 0 Å². The van der Waals surface area contributed by atoms with E-state index in [-0.39, 0.29) is 18.3 Å². The highest BCUT2D eigenvalue weighted by atomic mass is 16.5. The minimum absolute atomic E-state index is 0.0214. The Hall–Kier alpha value is -2.82. The molecule has 0 saturated heterocycles. The third-order valence-corrected chi connectivity index (χ3v) is 4.08. The number of hydrogen-bond donors (Lipinski definition) is 0. The lowest BCUT2D eigenvalue weighted by Gasteiger charge is -2.29. The van der Waals surface area contributed by atoms with Crippen LogP contribution in [0.4, 0.5) is 5.69 Å². The zero-order valence-corrected chi connectivity index (χ0v) is 14.2. The summed E-state index contributed by atoms with van der Waals surface area (Å²) >= 11 is 0. The summed E-state index contributed by atoms with van der Waals surface area (Å²) in [6.07, 6.45) is 1.12. The molecular weight excluding hydrogens is 318 g/mol. The fourth-order valence-electron chi connectivity index (χ4n) is 2.75. The third-order valence-electron chi connectivity index (χ3n) is 4.08. The number of amides is 1. The maximum absolute atomic E-state index is 12.2. The van der Waals surface area contributed by atoms with Gasteiger partial charge >= 0.3 is 0 Å². The Morgan fingerprint density at radius 2 is 2.00 bits per heavy atom. The van der Waals surface area contributed by atoms with E-state index in [1.54, 1.807) is 23.1 Å². The van der Waals surface area contributed by atoms with Crippen molar-refractivity contribution < 1.29 is 19.1 Å². The van der Waals surface area contributed by atoms with Crippen LogP contribution in [0.15, 0.2) is 48.5 Å². The van der Waals surface area contributed by atoms with E-state index in [0.29, 0.717) is 43.0 Å². The van der Waals surface area contributed by atoms with E-state index in [9.17, 15) is 9.59 Å². The summed E-state index contributed by atoms with van der Waals surface area (Å²) in [6.45, 7) is 2.87. The molecule has 0 saturated carbocycles. The van der Waals surface area contributed by atoms with E-state index in [2.05, 4.69) is 0 Å². The second-order valence-electron chi connectivity index (χ2n) is 5.81. The maximum atomic E-state index is 12.2. The molecule has 5 nitrogen and oxygen atoms in total. The standard InChI is InChI=1S/C20H21NO4/c1-2-18(22)15-9-10-19-17(13-15)21(20(23)14-25-19)11-6-12-24-16-7-4-3-5-8-16/h3-5,7-10,13H,2,6,11-12,14H2,1H3. The van der Waals surface area contributed by atoms with Crippen LogP contribution in [0.3, 0.4) is 0 Å². The Morgan fingerprint density at radius 1 is 1.20 bits per heavy atom. The Morgan fingerprint density at radius 3 is 2.76 bits per heavy atom. The van der Waals surface area contributed by atoms with Gasteiger partial charge in [-0.2, -0.15) is 0 Å². The number of Topliss-reactive ketones (excluding diaryl/α,β-unsaturated/α-hetero) is 1. The molecule has 130 valence electrons. The van der Waals surface area contributed by atoms with Gasteiger partial charge in [0.1, 0.15) is 11.5 Å². The largest absolute Gasteiger partial charge is 0.494 e. The van der Waals surface area contributed by atoms with Crippen molar-refractivity contribution in [2.75, 3.05) is 24.7 Å². The minimum Gasteiger partial charge on any atom is -0.494 e. The molecule has 1 heterocycles. The van der Waals surface area contributed by atoms with Gasteiger partial charge in [-0.3, -0.25) is 9.59 Å². The molecule has 1 aliphatic rings. The SMILES string of the molecule is CCC(=O)c1ccc2c(c1)N(CCCOc1ccccc1)C(=O)CO2. The minimum atomic E-state index is -0.103. The molecule has 0 N–H and O–H groups in total. The number of hydrogen-bond acceptors (Lipinski definition) is 4. The van der Waals surface area contributed by atoms with Gasteiger partial charge in [0.15, 0.2) is 12.4 Å². The summed E-state index contributed by atoms with van der Waals surface area (Å²) in [6, 6.07) is 14.8. The second-order valence-corrected chi connectivity index (χ2v) is 5.81. The van der Waals surface area contributed by atoms with Crippen molar-refractivity contribution in [2.24, 2.45) is 0 Å². The molecule has 0 aliphatic carbocycles. The molecule has 25 heavy (non-hydrogen) atoms. The van der Waals surface area contributed by atoms with Gasteiger partial charge in [-0.05, 0) is 36.8 Å². The second kappa shape index (κ2) is 7.83. The Balaban J connectivity index is 1.67. The number of carbonyl (C=O) groups is 2. The molecule has 0 unspecified atom stereocenters. The Bertz CT molecular complexity index is 758. The normalized spacial score (nSPS) is 13.2. The van der Waals surface area contributed by atoms with Gasteiger partial charge in [-0.15, -0.1) is 0 Å². The van der Waals surface area contributed by atoms with Crippen molar-refractivity contribution in [2.45, 2.75) is 19.8 Å². The van der Waals surface area contributed by atoms with E-state index in [1.807, 2.05) is 37.3 Å². The van der Waals surface area contributed by atoms with Crippen molar-refractivity contribution in [3.05, 3.63) is 54.1 Å². The van der Waals surface area contributed by atoms with Crippen LogP contribution >= 0.6 is 0 Å². The number of fused-ring (bicyclic) bond motifs is 1. The number of rotatable bonds is 7. The fraction of sp³-hybridized carbons (Fsp3) is 0.300. The lowest BCUT2D eigenvalue weighted by atomic mass is 10.1. The van der Waals surface area contributed by atoms with Gasteiger partial charge in [-0.25, -0.2) is 0 Å². The van der Waals surface area contributed by atoms with Crippen LogP contribution in [-0.4, -0.2) is 31.4 Å². The van der Waals surface area contributed by atoms with E-state index < -0.39 is 0 Å². The molecule has 3 rings (SSSR count).